The molecule has 3 rings (SSSR count). The fraction of sp³-hybridized carbons (Fsp3) is 0.333. The zero-order valence-corrected chi connectivity index (χ0v) is 16.4. The molecular weight excluding hydrogens is 362 g/mol. The first-order valence-corrected chi connectivity index (χ1v) is 10.5. The van der Waals surface area contributed by atoms with Gasteiger partial charge in [-0.05, 0) is 61.1 Å². The van der Waals surface area contributed by atoms with E-state index in [1.165, 1.54) is 0 Å². The summed E-state index contributed by atoms with van der Waals surface area (Å²) in [5.41, 5.74) is 2.46. The van der Waals surface area contributed by atoms with Gasteiger partial charge in [0.05, 0.1) is 7.11 Å². The smallest absolute Gasteiger partial charge is 0.233 e. The van der Waals surface area contributed by atoms with Crippen molar-refractivity contribution in [1.82, 2.24) is 4.72 Å². The van der Waals surface area contributed by atoms with Crippen molar-refractivity contribution in [2.24, 2.45) is 0 Å². The third-order valence-electron chi connectivity index (χ3n) is 4.93. The largest absolute Gasteiger partial charge is 0.497 e. The van der Waals surface area contributed by atoms with Gasteiger partial charge in [0.1, 0.15) is 11.4 Å². The molecule has 0 aliphatic heterocycles. The molecule has 27 heavy (non-hydrogen) atoms. The average molecular weight is 388 g/mol. The SMILES string of the molecule is COc1ccc2c(c1)CCCC2(O)CNS(=O)(=O)C=Cc1ccc(C)cc1. The van der Waals surface area contributed by atoms with Crippen LogP contribution in [0.1, 0.15) is 35.1 Å². The van der Waals surface area contributed by atoms with Crippen molar-refractivity contribution < 1.29 is 18.3 Å². The van der Waals surface area contributed by atoms with Crippen molar-refractivity contribution in [3.63, 3.8) is 0 Å². The van der Waals surface area contributed by atoms with Gasteiger partial charge < -0.3 is 9.84 Å². The highest BCUT2D eigenvalue weighted by molar-refractivity contribution is 7.92. The lowest BCUT2D eigenvalue weighted by Gasteiger charge is -2.34. The molecule has 0 heterocycles. The number of aliphatic hydroxyl groups is 1. The van der Waals surface area contributed by atoms with Crippen LogP contribution in [0.4, 0.5) is 0 Å². The molecule has 0 radical (unpaired) electrons. The van der Waals surface area contributed by atoms with E-state index >= 15 is 0 Å². The number of hydrogen-bond donors (Lipinski definition) is 2. The number of benzene rings is 2. The monoisotopic (exact) mass is 387 g/mol. The van der Waals surface area contributed by atoms with Gasteiger partial charge in [-0.1, -0.05) is 35.9 Å². The van der Waals surface area contributed by atoms with Crippen molar-refractivity contribution in [3.8, 4) is 5.75 Å². The van der Waals surface area contributed by atoms with Crippen LogP contribution < -0.4 is 9.46 Å². The van der Waals surface area contributed by atoms with Gasteiger partial charge in [-0.15, -0.1) is 0 Å². The highest BCUT2D eigenvalue weighted by Gasteiger charge is 2.35. The van der Waals surface area contributed by atoms with Gasteiger partial charge in [0.2, 0.25) is 10.0 Å². The Morgan fingerprint density at radius 1 is 1.22 bits per heavy atom. The Kier molecular flexibility index (Phi) is 5.69. The van der Waals surface area contributed by atoms with Crippen molar-refractivity contribution in [1.29, 1.82) is 0 Å². The minimum atomic E-state index is -3.66. The molecule has 1 aliphatic rings. The van der Waals surface area contributed by atoms with Gasteiger partial charge in [0.15, 0.2) is 0 Å². The Bertz CT molecular complexity index is 935. The van der Waals surface area contributed by atoms with Crippen molar-refractivity contribution >= 4 is 16.1 Å². The minimum absolute atomic E-state index is 0.0626. The maximum absolute atomic E-state index is 12.3. The van der Waals surface area contributed by atoms with Crippen molar-refractivity contribution in [2.45, 2.75) is 31.8 Å². The zero-order valence-electron chi connectivity index (χ0n) is 15.6. The predicted molar refractivity (Wildman–Crippen MR) is 107 cm³/mol. The number of ether oxygens (including phenoxy) is 1. The standard InChI is InChI=1S/C21H25NO4S/c1-16-5-7-17(8-6-16)11-13-27(24,25)22-15-21(23)12-3-4-18-14-19(26-2)9-10-20(18)21/h5-11,13-14,22-23H,3-4,12,15H2,1-2H3. The number of sulfonamides is 1. The van der Waals surface area contributed by atoms with Crippen molar-refractivity contribution in [3.05, 3.63) is 70.1 Å². The molecule has 1 atom stereocenters. The molecule has 0 saturated heterocycles. The summed E-state index contributed by atoms with van der Waals surface area (Å²) >= 11 is 0. The Hall–Kier alpha value is -2.15. The summed E-state index contributed by atoms with van der Waals surface area (Å²) in [7, 11) is -2.06. The molecule has 0 aromatic heterocycles. The first-order chi connectivity index (χ1) is 12.8. The highest BCUT2D eigenvalue weighted by Crippen LogP contribution is 2.36. The predicted octanol–water partition coefficient (Wildman–Crippen LogP) is 3.12. The fourth-order valence-corrected chi connectivity index (χ4v) is 4.23. The molecule has 0 saturated carbocycles. The molecule has 1 aliphatic carbocycles. The van der Waals surface area contributed by atoms with Gasteiger partial charge in [-0.3, -0.25) is 0 Å². The van der Waals surface area contributed by atoms with Crippen molar-refractivity contribution in [2.75, 3.05) is 13.7 Å². The highest BCUT2D eigenvalue weighted by atomic mass is 32.2. The molecule has 0 fully saturated rings. The summed E-state index contributed by atoms with van der Waals surface area (Å²) in [6.07, 6.45) is 3.69. The number of hydrogen-bond acceptors (Lipinski definition) is 4. The topological polar surface area (TPSA) is 75.6 Å². The van der Waals surface area contributed by atoms with Gasteiger partial charge >= 0.3 is 0 Å². The number of nitrogens with one attached hydrogen (secondary N) is 1. The molecule has 5 nitrogen and oxygen atoms in total. The lowest BCUT2D eigenvalue weighted by Crippen LogP contribution is -2.42. The number of rotatable bonds is 6. The summed E-state index contributed by atoms with van der Waals surface area (Å²) in [5, 5.41) is 12.2. The van der Waals surface area contributed by atoms with Crippen LogP contribution in [0.2, 0.25) is 0 Å². The van der Waals surface area contributed by atoms with E-state index < -0.39 is 15.6 Å². The van der Waals surface area contributed by atoms with E-state index in [-0.39, 0.29) is 6.54 Å². The van der Waals surface area contributed by atoms with E-state index in [0.717, 1.165) is 46.3 Å². The molecule has 1 unspecified atom stereocenters. The number of methoxy groups -OCH3 is 1. The third-order valence-corrected chi connectivity index (χ3v) is 5.97. The van der Waals surface area contributed by atoms with E-state index in [4.69, 9.17) is 4.74 Å². The van der Waals surface area contributed by atoms with E-state index in [1.807, 2.05) is 43.3 Å². The summed E-state index contributed by atoms with van der Waals surface area (Å²) in [4.78, 5) is 0. The molecule has 2 N–H and O–H groups in total. The summed E-state index contributed by atoms with van der Waals surface area (Å²) in [6.45, 7) is 1.91. The second-order valence-corrected chi connectivity index (χ2v) is 8.64. The normalized spacial score (nSPS) is 19.8. The van der Waals surface area contributed by atoms with Gasteiger partial charge in [0, 0.05) is 12.0 Å². The molecule has 2 aromatic rings. The van der Waals surface area contributed by atoms with Gasteiger partial charge in [-0.2, -0.15) is 0 Å². The lowest BCUT2D eigenvalue weighted by atomic mass is 9.79. The minimum Gasteiger partial charge on any atom is -0.497 e. The van der Waals surface area contributed by atoms with Crippen LogP contribution in [0.25, 0.3) is 6.08 Å². The summed E-state index contributed by atoms with van der Waals surface area (Å²) < 4.78 is 32.4. The summed E-state index contributed by atoms with van der Waals surface area (Å²) in [6, 6.07) is 13.1. The first-order valence-electron chi connectivity index (χ1n) is 8.95. The number of aryl methyl sites for hydroxylation is 2. The molecule has 0 spiro atoms. The Balaban J connectivity index is 1.73. The second kappa shape index (κ2) is 7.84. The molecule has 2 aromatic carbocycles. The molecule has 144 valence electrons. The average Bonchev–Trinajstić information content (AvgIpc) is 2.66. The van der Waals surface area contributed by atoms with Crippen LogP contribution in [0, 0.1) is 6.92 Å². The van der Waals surface area contributed by atoms with Crippen LogP contribution in [0.15, 0.2) is 47.9 Å². The van der Waals surface area contributed by atoms with Crippen LogP contribution in [-0.4, -0.2) is 27.2 Å². The Morgan fingerprint density at radius 2 is 1.96 bits per heavy atom. The third kappa shape index (κ3) is 4.77. The molecule has 0 bridgehead atoms. The zero-order chi connectivity index (χ0) is 19.5. The van der Waals surface area contributed by atoms with E-state index in [9.17, 15) is 13.5 Å². The van der Waals surface area contributed by atoms with Crippen LogP contribution in [-0.2, 0) is 22.0 Å². The Morgan fingerprint density at radius 3 is 2.67 bits per heavy atom. The van der Waals surface area contributed by atoms with Gasteiger partial charge in [0.25, 0.3) is 0 Å². The second-order valence-electron chi connectivity index (χ2n) is 6.99. The molecule has 6 heteroatoms. The van der Waals surface area contributed by atoms with Gasteiger partial charge in [-0.25, -0.2) is 13.1 Å². The van der Waals surface area contributed by atoms with Crippen LogP contribution >= 0.6 is 0 Å². The van der Waals surface area contributed by atoms with Crippen LogP contribution in [0.5, 0.6) is 5.75 Å². The number of fused-ring (bicyclic) bond motifs is 1. The molecule has 0 amide bonds. The maximum Gasteiger partial charge on any atom is 0.233 e. The van der Waals surface area contributed by atoms with E-state index in [1.54, 1.807) is 19.3 Å². The van der Waals surface area contributed by atoms with E-state index in [0.29, 0.717) is 6.42 Å². The fourth-order valence-electron chi connectivity index (χ4n) is 3.36. The quantitative estimate of drug-likeness (QED) is 0.799. The maximum atomic E-state index is 12.3. The lowest BCUT2D eigenvalue weighted by molar-refractivity contribution is 0.0243. The van der Waals surface area contributed by atoms with Crippen LogP contribution in [0.3, 0.4) is 0 Å². The Labute approximate surface area is 160 Å². The first kappa shape index (κ1) is 19.6. The molecular formula is C21H25NO4S. The van der Waals surface area contributed by atoms with E-state index in [2.05, 4.69) is 4.72 Å². The summed E-state index contributed by atoms with van der Waals surface area (Å²) in [5.74, 6) is 0.736.